The predicted octanol–water partition coefficient (Wildman–Crippen LogP) is 2.04. The molecule has 0 spiro atoms. The molecule has 3 aromatic rings. The first-order chi connectivity index (χ1) is 14.0. The number of rotatable bonds is 5. The Morgan fingerprint density at radius 3 is 2.86 bits per heavy atom. The van der Waals surface area contributed by atoms with E-state index in [0.717, 1.165) is 34.7 Å². The van der Waals surface area contributed by atoms with E-state index >= 15 is 0 Å². The molecule has 0 radical (unpaired) electrons. The van der Waals surface area contributed by atoms with Crippen molar-refractivity contribution in [2.45, 2.75) is 45.7 Å². The number of aromatic nitrogens is 4. The van der Waals surface area contributed by atoms with E-state index in [4.69, 9.17) is 0 Å². The standard InChI is InChI=1S/C20H24N6O2S/c1-13-14(2)29-18-17(13)19(28)26(12-23-18)10-6-16(27)24-15-5-3-9-25(11-15)20-21-7-4-8-22-20/h4,7-8,12,15H,3,5-6,9-11H2,1-2H3,(H,24,27). The Hall–Kier alpha value is -2.81. The molecule has 9 heteroatoms. The third-order valence-electron chi connectivity index (χ3n) is 5.36. The van der Waals surface area contributed by atoms with Crippen molar-refractivity contribution in [3.05, 3.63) is 45.6 Å². The fraction of sp³-hybridized carbons (Fsp3) is 0.450. The Bertz CT molecular complexity index is 1080. The molecule has 1 saturated heterocycles. The maximum atomic E-state index is 12.7. The summed E-state index contributed by atoms with van der Waals surface area (Å²) in [5, 5.41) is 3.76. The first-order valence-corrected chi connectivity index (χ1v) is 10.6. The molecule has 3 aromatic heterocycles. The van der Waals surface area contributed by atoms with Crippen molar-refractivity contribution in [3.63, 3.8) is 0 Å². The number of thiophene rings is 1. The van der Waals surface area contributed by atoms with Crippen LogP contribution in [0.3, 0.4) is 0 Å². The molecule has 1 unspecified atom stereocenters. The Morgan fingerprint density at radius 2 is 2.07 bits per heavy atom. The van der Waals surface area contributed by atoms with Crippen molar-refractivity contribution in [2.24, 2.45) is 0 Å². The Balaban J connectivity index is 1.37. The molecule has 1 fully saturated rings. The lowest BCUT2D eigenvalue weighted by Gasteiger charge is -2.33. The van der Waals surface area contributed by atoms with Gasteiger partial charge in [-0.3, -0.25) is 14.2 Å². The minimum Gasteiger partial charge on any atom is -0.352 e. The maximum absolute atomic E-state index is 12.7. The summed E-state index contributed by atoms with van der Waals surface area (Å²) in [6, 6.07) is 1.85. The van der Waals surface area contributed by atoms with Gasteiger partial charge in [-0.15, -0.1) is 11.3 Å². The van der Waals surface area contributed by atoms with Crippen molar-refractivity contribution in [2.75, 3.05) is 18.0 Å². The van der Waals surface area contributed by atoms with Crippen LogP contribution in [0.2, 0.25) is 0 Å². The second kappa shape index (κ2) is 8.28. The number of carbonyl (C=O) groups is 1. The molecule has 0 aliphatic carbocycles. The van der Waals surface area contributed by atoms with E-state index in [1.807, 2.05) is 13.8 Å². The molecule has 8 nitrogen and oxygen atoms in total. The average Bonchev–Trinajstić information content (AvgIpc) is 3.03. The number of fused-ring (bicyclic) bond motifs is 1. The molecule has 0 aromatic carbocycles. The molecule has 1 aliphatic heterocycles. The number of piperidine rings is 1. The van der Waals surface area contributed by atoms with Gasteiger partial charge in [0.15, 0.2) is 0 Å². The van der Waals surface area contributed by atoms with Crippen LogP contribution in [0, 0.1) is 13.8 Å². The fourth-order valence-electron chi connectivity index (χ4n) is 3.68. The largest absolute Gasteiger partial charge is 0.352 e. The van der Waals surface area contributed by atoms with E-state index in [1.54, 1.807) is 24.8 Å². The Labute approximate surface area is 172 Å². The summed E-state index contributed by atoms with van der Waals surface area (Å²) in [5.74, 6) is 0.634. The number of hydrogen-bond acceptors (Lipinski definition) is 7. The molecule has 0 saturated carbocycles. The van der Waals surface area contributed by atoms with Crippen LogP contribution in [0.1, 0.15) is 29.7 Å². The van der Waals surface area contributed by atoms with Crippen LogP contribution in [-0.2, 0) is 11.3 Å². The van der Waals surface area contributed by atoms with Crippen molar-refractivity contribution in [1.82, 2.24) is 24.8 Å². The van der Waals surface area contributed by atoms with Gasteiger partial charge in [0, 0.05) is 49.4 Å². The third kappa shape index (κ3) is 4.14. The summed E-state index contributed by atoms with van der Waals surface area (Å²) in [4.78, 5) is 42.2. The highest BCUT2D eigenvalue weighted by atomic mass is 32.1. The summed E-state index contributed by atoms with van der Waals surface area (Å²) in [6.45, 7) is 5.83. The fourth-order valence-corrected chi connectivity index (χ4v) is 4.67. The van der Waals surface area contributed by atoms with Gasteiger partial charge >= 0.3 is 0 Å². The van der Waals surface area contributed by atoms with Gasteiger partial charge in [-0.05, 0) is 38.3 Å². The van der Waals surface area contributed by atoms with Gasteiger partial charge in [-0.2, -0.15) is 0 Å². The van der Waals surface area contributed by atoms with Crippen LogP contribution in [-0.4, -0.2) is 44.6 Å². The summed E-state index contributed by atoms with van der Waals surface area (Å²) in [6.07, 6.45) is 7.14. The second-order valence-electron chi connectivity index (χ2n) is 7.36. The van der Waals surface area contributed by atoms with E-state index < -0.39 is 0 Å². The normalized spacial score (nSPS) is 16.9. The number of amides is 1. The minimum absolute atomic E-state index is 0.0548. The van der Waals surface area contributed by atoms with Gasteiger partial charge < -0.3 is 10.2 Å². The minimum atomic E-state index is -0.0743. The smallest absolute Gasteiger partial charge is 0.262 e. The summed E-state index contributed by atoms with van der Waals surface area (Å²) in [7, 11) is 0. The zero-order valence-corrected chi connectivity index (χ0v) is 17.4. The van der Waals surface area contributed by atoms with Gasteiger partial charge in [-0.25, -0.2) is 15.0 Å². The van der Waals surface area contributed by atoms with Crippen LogP contribution in [0.5, 0.6) is 0 Å². The summed E-state index contributed by atoms with van der Waals surface area (Å²) in [5.41, 5.74) is 0.904. The highest BCUT2D eigenvalue weighted by Gasteiger charge is 2.23. The number of nitrogens with one attached hydrogen (secondary N) is 1. The molecule has 1 amide bonds. The molecule has 4 heterocycles. The van der Waals surface area contributed by atoms with Gasteiger partial charge in [0.1, 0.15) is 4.83 Å². The molecular formula is C20H24N6O2S. The number of carbonyl (C=O) groups excluding carboxylic acids is 1. The SMILES string of the molecule is Cc1sc2ncn(CCC(=O)NC3CCCN(c4ncccn4)C3)c(=O)c2c1C. The molecule has 4 rings (SSSR count). The van der Waals surface area contributed by atoms with Crippen LogP contribution >= 0.6 is 11.3 Å². The van der Waals surface area contributed by atoms with Gasteiger partial charge in [0.05, 0.1) is 11.7 Å². The van der Waals surface area contributed by atoms with Crippen molar-refractivity contribution in [1.29, 1.82) is 0 Å². The highest BCUT2D eigenvalue weighted by molar-refractivity contribution is 7.18. The summed E-state index contributed by atoms with van der Waals surface area (Å²) < 4.78 is 1.53. The molecule has 0 bridgehead atoms. The van der Waals surface area contributed by atoms with Gasteiger partial charge in [0.25, 0.3) is 5.56 Å². The number of nitrogens with zero attached hydrogens (tertiary/aromatic N) is 5. The molecule has 29 heavy (non-hydrogen) atoms. The number of anilines is 1. The lowest BCUT2D eigenvalue weighted by atomic mass is 10.1. The van der Waals surface area contributed by atoms with Crippen LogP contribution in [0.15, 0.2) is 29.6 Å². The zero-order chi connectivity index (χ0) is 20.4. The lowest BCUT2D eigenvalue weighted by Crippen LogP contribution is -2.48. The summed E-state index contributed by atoms with van der Waals surface area (Å²) >= 11 is 1.53. The zero-order valence-electron chi connectivity index (χ0n) is 16.6. The molecule has 1 atom stereocenters. The Morgan fingerprint density at radius 1 is 1.28 bits per heavy atom. The van der Waals surface area contributed by atoms with Crippen molar-refractivity contribution in [3.8, 4) is 0 Å². The first kappa shape index (κ1) is 19.5. The average molecular weight is 413 g/mol. The predicted molar refractivity (Wildman–Crippen MR) is 113 cm³/mol. The van der Waals surface area contributed by atoms with E-state index in [0.29, 0.717) is 24.4 Å². The topological polar surface area (TPSA) is 93.0 Å². The molecule has 1 N–H and O–H groups in total. The van der Waals surface area contributed by atoms with Crippen LogP contribution < -0.4 is 15.8 Å². The molecular weight excluding hydrogens is 388 g/mol. The van der Waals surface area contributed by atoms with E-state index in [-0.39, 0.29) is 23.9 Å². The Kier molecular flexibility index (Phi) is 5.57. The first-order valence-electron chi connectivity index (χ1n) is 9.79. The van der Waals surface area contributed by atoms with Crippen molar-refractivity contribution < 1.29 is 4.79 Å². The van der Waals surface area contributed by atoms with Crippen LogP contribution in [0.4, 0.5) is 5.95 Å². The lowest BCUT2D eigenvalue weighted by molar-refractivity contribution is -0.122. The second-order valence-corrected chi connectivity index (χ2v) is 8.56. The van der Waals surface area contributed by atoms with E-state index in [1.165, 1.54) is 15.9 Å². The van der Waals surface area contributed by atoms with E-state index in [2.05, 4.69) is 25.2 Å². The van der Waals surface area contributed by atoms with Crippen LogP contribution in [0.25, 0.3) is 10.2 Å². The van der Waals surface area contributed by atoms with Crippen molar-refractivity contribution >= 4 is 33.4 Å². The highest BCUT2D eigenvalue weighted by Crippen LogP contribution is 2.25. The quantitative estimate of drug-likeness (QED) is 0.689. The van der Waals surface area contributed by atoms with E-state index in [9.17, 15) is 9.59 Å². The monoisotopic (exact) mass is 412 g/mol. The molecule has 1 aliphatic rings. The maximum Gasteiger partial charge on any atom is 0.262 e. The van der Waals surface area contributed by atoms with Gasteiger partial charge in [-0.1, -0.05) is 0 Å². The molecule has 152 valence electrons. The van der Waals surface area contributed by atoms with Gasteiger partial charge in [0.2, 0.25) is 11.9 Å². The third-order valence-corrected chi connectivity index (χ3v) is 6.47. The number of hydrogen-bond donors (Lipinski definition) is 1. The number of aryl methyl sites for hydroxylation is 3.